The summed E-state index contributed by atoms with van der Waals surface area (Å²) in [5.41, 5.74) is 0. The first-order valence-corrected chi connectivity index (χ1v) is 3.77. The van der Waals surface area contributed by atoms with Crippen LogP contribution in [0, 0.1) is 0 Å². The van der Waals surface area contributed by atoms with E-state index >= 15 is 0 Å². The fourth-order valence-electron chi connectivity index (χ4n) is 0.464. The molecule has 0 fully saturated rings. The quantitative estimate of drug-likeness (QED) is 0.445. The summed E-state index contributed by atoms with van der Waals surface area (Å²) < 4.78 is 25.3. The van der Waals surface area contributed by atoms with Gasteiger partial charge in [0.25, 0.3) is 0 Å². The van der Waals surface area contributed by atoms with Gasteiger partial charge >= 0.3 is 0 Å². The number of hydrogen-bond donors (Lipinski definition) is 2. The second kappa shape index (κ2) is 5.53. The molecule has 0 atom stereocenters. The van der Waals surface area contributed by atoms with E-state index in [1.807, 2.05) is 0 Å². The highest BCUT2D eigenvalue weighted by Gasteiger charge is 1.90. The summed E-state index contributed by atoms with van der Waals surface area (Å²) in [5.74, 6) is -0.153. The fourth-order valence-corrected chi connectivity index (χ4v) is 0.464. The summed E-state index contributed by atoms with van der Waals surface area (Å²) in [6.45, 7) is 0. The van der Waals surface area contributed by atoms with Crippen molar-refractivity contribution in [3.8, 4) is 11.5 Å². The molecule has 0 heterocycles. The lowest BCUT2D eigenvalue weighted by Crippen LogP contribution is -1.76. The third-order valence-electron chi connectivity index (χ3n) is 0.882. The van der Waals surface area contributed by atoms with Crippen LogP contribution in [0.15, 0.2) is 24.3 Å². The van der Waals surface area contributed by atoms with Crippen LogP contribution in [0.5, 0.6) is 11.5 Å². The number of aromatic hydroxyl groups is 2. The molecule has 0 aromatic heterocycles. The maximum absolute atomic E-state index is 8.67. The van der Waals surface area contributed by atoms with Crippen molar-refractivity contribution >= 4 is 11.4 Å². The van der Waals surface area contributed by atoms with Crippen LogP contribution < -0.4 is 0 Å². The molecule has 1 aromatic rings. The van der Waals surface area contributed by atoms with E-state index in [2.05, 4.69) is 0 Å². The molecule has 68 valence electrons. The van der Waals surface area contributed by atoms with Crippen molar-refractivity contribution in [1.82, 2.24) is 0 Å². The molecule has 0 saturated carbocycles. The summed E-state index contributed by atoms with van der Waals surface area (Å²) in [6, 6.07) is 6.15. The lowest BCUT2D eigenvalue weighted by molar-refractivity contribution is 0.404. The Balaban J connectivity index is 0.000000261. The zero-order valence-corrected chi connectivity index (χ0v) is 6.65. The van der Waals surface area contributed by atoms with Gasteiger partial charge in [-0.25, -0.2) is 0 Å². The number of para-hydroxylation sites is 2. The first-order valence-electron chi connectivity index (χ1n) is 2.77. The van der Waals surface area contributed by atoms with E-state index in [0.717, 1.165) is 0 Å². The molecule has 1 aromatic carbocycles. The molecule has 5 nitrogen and oxygen atoms in total. The van der Waals surface area contributed by atoms with E-state index in [9.17, 15) is 0 Å². The van der Waals surface area contributed by atoms with Gasteiger partial charge in [0.05, 0.1) is 0 Å². The molecule has 0 aliphatic carbocycles. The lowest BCUT2D eigenvalue weighted by Gasteiger charge is -2.03. The third kappa shape index (κ3) is 5.66. The zero-order valence-electron chi connectivity index (χ0n) is 5.84. The molecular weight excluding hydrogens is 184 g/mol. The number of benzene rings is 1. The smallest absolute Gasteiger partial charge is 0.157 e. The van der Waals surface area contributed by atoms with E-state index in [1.54, 1.807) is 12.1 Å². The van der Waals surface area contributed by atoms with Crippen LogP contribution in [0.4, 0.5) is 0 Å². The minimum atomic E-state index is -3.11. The SMILES string of the molecule is O=S([O-])[O-].Oc1ccccc1O. The molecular formula is C6H6O5S-2. The molecule has 0 radical (unpaired) electrons. The van der Waals surface area contributed by atoms with Gasteiger partial charge < -0.3 is 19.3 Å². The minimum Gasteiger partial charge on any atom is -0.784 e. The Morgan fingerprint density at radius 2 is 1.33 bits per heavy atom. The Kier molecular flexibility index (Phi) is 5.02. The van der Waals surface area contributed by atoms with Gasteiger partial charge in [0.2, 0.25) is 0 Å². The molecule has 0 amide bonds. The van der Waals surface area contributed by atoms with E-state index in [-0.39, 0.29) is 11.5 Å². The van der Waals surface area contributed by atoms with Gasteiger partial charge in [0, 0.05) is 0 Å². The second-order valence-corrected chi connectivity index (χ2v) is 2.10. The van der Waals surface area contributed by atoms with Crippen LogP contribution in [-0.4, -0.2) is 23.5 Å². The summed E-state index contributed by atoms with van der Waals surface area (Å²) in [4.78, 5) is 0. The van der Waals surface area contributed by atoms with Crippen LogP contribution in [0.2, 0.25) is 0 Å². The Bertz CT molecular complexity index is 237. The standard InChI is InChI=1S/C6H6O2.H2O3S/c7-5-3-1-2-4-6(5)8;1-4(2)3/h1-4,7-8H;(H2,1,2,3)/p-2. The molecule has 0 bridgehead atoms. The summed E-state index contributed by atoms with van der Waals surface area (Å²) in [5, 5.41) is 17.3. The molecule has 0 saturated heterocycles. The van der Waals surface area contributed by atoms with Crippen LogP contribution in [0.1, 0.15) is 0 Å². The summed E-state index contributed by atoms with van der Waals surface area (Å²) >= 11 is -3.11. The summed E-state index contributed by atoms with van der Waals surface area (Å²) in [7, 11) is 0. The summed E-state index contributed by atoms with van der Waals surface area (Å²) in [6.07, 6.45) is 0. The van der Waals surface area contributed by atoms with Gasteiger partial charge in [-0.3, -0.25) is 4.21 Å². The van der Waals surface area contributed by atoms with Crippen molar-refractivity contribution in [1.29, 1.82) is 0 Å². The van der Waals surface area contributed by atoms with Gasteiger partial charge in [-0.15, -0.1) is 11.4 Å². The highest BCUT2D eigenvalue weighted by atomic mass is 32.2. The van der Waals surface area contributed by atoms with Crippen LogP contribution in [-0.2, 0) is 11.4 Å². The number of hydrogen-bond acceptors (Lipinski definition) is 5. The third-order valence-corrected chi connectivity index (χ3v) is 0.882. The highest BCUT2D eigenvalue weighted by molar-refractivity contribution is 7.72. The number of rotatable bonds is 0. The van der Waals surface area contributed by atoms with Crippen molar-refractivity contribution in [2.75, 3.05) is 0 Å². The normalized spacial score (nSPS) is 8.92. The van der Waals surface area contributed by atoms with Crippen molar-refractivity contribution in [2.45, 2.75) is 0 Å². The molecule has 0 unspecified atom stereocenters. The molecule has 6 heteroatoms. The lowest BCUT2D eigenvalue weighted by atomic mass is 10.3. The van der Waals surface area contributed by atoms with Gasteiger partial charge in [0.15, 0.2) is 11.5 Å². The first kappa shape index (κ1) is 10.9. The molecule has 2 N–H and O–H groups in total. The van der Waals surface area contributed by atoms with Gasteiger partial charge in [-0.05, 0) is 12.1 Å². The Hall–Kier alpha value is -1.11. The zero-order chi connectivity index (χ0) is 9.56. The van der Waals surface area contributed by atoms with E-state index in [0.29, 0.717) is 0 Å². The maximum Gasteiger partial charge on any atom is 0.157 e. The van der Waals surface area contributed by atoms with E-state index in [4.69, 9.17) is 23.5 Å². The largest absolute Gasteiger partial charge is 0.784 e. The highest BCUT2D eigenvalue weighted by Crippen LogP contribution is 2.21. The Morgan fingerprint density at radius 3 is 1.50 bits per heavy atom. The second-order valence-electron chi connectivity index (χ2n) is 1.69. The Morgan fingerprint density at radius 1 is 1.08 bits per heavy atom. The van der Waals surface area contributed by atoms with Crippen molar-refractivity contribution in [3.63, 3.8) is 0 Å². The minimum absolute atomic E-state index is 0.0764. The van der Waals surface area contributed by atoms with Gasteiger partial charge in [-0.1, -0.05) is 12.1 Å². The van der Waals surface area contributed by atoms with Crippen molar-refractivity contribution in [3.05, 3.63) is 24.3 Å². The molecule has 0 spiro atoms. The van der Waals surface area contributed by atoms with E-state index in [1.165, 1.54) is 12.1 Å². The topological polar surface area (TPSA) is 104 Å². The maximum atomic E-state index is 8.67. The average molecular weight is 190 g/mol. The van der Waals surface area contributed by atoms with E-state index < -0.39 is 11.4 Å². The van der Waals surface area contributed by atoms with Crippen LogP contribution >= 0.6 is 0 Å². The number of phenols is 2. The first-order chi connectivity index (χ1) is 5.54. The van der Waals surface area contributed by atoms with Crippen molar-refractivity contribution in [2.24, 2.45) is 0 Å². The monoisotopic (exact) mass is 190 g/mol. The van der Waals surface area contributed by atoms with Crippen LogP contribution in [0.3, 0.4) is 0 Å². The van der Waals surface area contributed by atoms with Gasteiger partial charge in [0.1, 0.15) is 0 Å². The molecule has 0 aliphatic heterocycles. The Labute approximate surface area is 71.4 Å². The fraction of sp³-hybridized carbons (Fsp3) is 0. The van der Waals surface area contributed by atoms with Gasteiger partial charge in [-0.2, -0.15) is 0 Å². The molecule has 1 rings (SSSR count). The van der Waals surface area contributed by atoms with Crippen LogP contribution in [0.25, 0.3) is 0 Å². The van der Waals surface area contributed by atoms with Crippen molar-refractivity contribution < 1.29 is 23.5 Å². The predicted octanol–water partition coefficient (Wildman–Crippen LogP) is 0.0937. The molecule has 12 heavy (non-hydrogen) atoms. The average Bonchev–Trinajstić information content (AvgIpc) is 1.94. The predicted molar refractivity (Wildman–Crippen MR) is 39.5 cm³/mol. The number of phenolic OH excluding ortho intramolecular Hbond substituents is 2. The molecule has 0 aliphatic rings.